The van der Waals surface area contributed by atoms with E-state index in [2.05, 4.69) is 5.32 Å². The van der Waals surface area contributed by atoms with Crippen molar-refractivity contribution in [2.75, 3.05) is 24.2 Å². The van der Waals surface area contributed by atoms with Crippen molar-refractivity contribution < 1.29 is 31.2 Å². The van der Waals surface area contributed by atoms with Crippen LogP contribution in [0.1, 0.15) is 18.1 Å². The predicted octanol–water partition coefficient (Wildman–Crippen LogP) is 3.94. The first-order chi connectivity index (χ1) is 15.7. The van der Waals surface area contributed by atoms with Crippen molar-refractivity contribution in [1.82, 2.24) is 10.2 Å². The van der Waals surface area contributed by atoms with E-state index < -0.39 is 51.9 Å². The number of rotatable bonds is 8. The molecule has 1 atom stereocenters. The largest absolute Gasteiger partial charge is 0.416 e. The first-order valence-corrected chi connectivity index (χ1v) is 12.4. The summed E-state index contributed by atoms with van der Waals surface area (Å²) >= 11 is 12.2. The second kappa shape index (κ2) is 10.8. The number of hydrogen-bond donors (Lipinski definition) is 1. The quantitative estimate of drug-likeness (QED) is 0.550. The topological polar surface area (TPSA) is 86.8 Å². The summed E-state index contributed by atoms with van der Waals surface area (Å²) < 4.78 is 65.1. The first-order valence-electron chi connectivity index (χ1n) is 9.75. The number of hydrogen-bond acceptors (Lipinski definition) is 4. The molecule has 0 radical (unpaired) electrons. The zero-order valence-electron chi connectivity index (χ0n) is 18.4. The van der Waals surface area contributed by atoms with Crippen molar-refractivity contribution in [1.29, 1.82) is 0 Å². The molecule has 0 heterocycles. The first kappa shape index (κ1) is 27.7. The molecule has 0 bridgehead atoms. The van der Waals surface area contributed by atoms with Gasteiger partial charge in [-0.15, -0.1) is 0 Å². The van der Waals surface area contributed by atoms with Crippen LogP contribution in [0.3, 0.4) is 0 Å². The normalized spacial score (nSPS) is 12.7. The Bertz CT molecular complexity index is 1180. The molecule has 2 aromatic carbocycles. The second-order valence-corrected chi connectivity index (χ2v) is 10.1. The van der Waals surface area contributed by atoms with Crippen LogP contribution < -0.4 is 9.62 Å². The van der Waals surface area contributed by atoms with Crippen molar-refractivity contribution in [2.24, 2.45) is 0 Å². The van der Waals surface area contributed by atoms with Gasteiger partial charge in [0, 0.05) is 18.6 Å². The Hall–Kier alpha value is -2.50. The molecular weight excluding hydrogens is 518 g/mol. The van der Waals surface area contributed by atoms with Crippen molar-refractivity contribution in [3.63, 3.8) is 0 Å². The highest BCUT2D eigenvalue weighted by Crippen LogP contribution is 2.36. The van der Waals surface area contributed by atoms with Gasteiger partial charge < -0.3 is 10.2 Å². The van der Waals surface area contributed by atoms with Crippen molar-refractivity contribution in [3.8, 4) is 0 Å². The highest BCUT2D eigenvalue weighted by atomic mass is 35.5. The van der Waals surface area contributed by atoms with E-state index in [4.69, 9.17) is 23.2 Å². The van der Waals surface area contributed by atoms with E-state index in [1.165, 1.54) is 14.0 Å². The third kappa shape index (κ3) is 6.77. The number of benzene rings is 2. The molecule has 0 aliphatic carbocycles. The van der Waals surface area contributed by atoms with Gasteiger partial charge in [-0.3, -0.25) is 13.9 Å². The number of likely N-dealkylation sites (N-methyl/N-ethyl adjacent to an activating group) is 1. The minimum atomic E-state index is -4.77. The number of alkyl halides is 3. The molecule has 2 amide bonds. The van der Waals surface area contributed by atoms with E-state index in [1.807, 2.05) is 0 Å². The number of anilines is 1. The van der Waals surface area contributed by atoms with Crippen LogP contribution in [0, 0.1) is 0 Å². The molecule has 34 heavy (non-hydrogen) atoms. The molecule has 7 nitrogen and oxygen atoms in total. The molecule has 2 aromatic rings. The Morgan fingerprint density at radius 2 is 1.71 bits per heavy atom. The molecule has 1 unspecified atom stereocenters. The SMILES string of the molecule is CNC(=O)C(C)N(Cc1ccccc1Cl)C(=O)CN(c1cc(C(F)(F)F)ccc1Cl)S(C)(=O)=O. The van der Waals surface area contributed by atoms with Gasteiger partial charge in [0.05, 0.1) is 22.5 Å². The highest BCUT2D eigenvalue weighted by molar-refractivity contribution is 7.92. The number of nitrogens with zero attached hydrogens (tertiary/aromatic N) is 2. The zero-order chi connectivity index (χ0) is 25.8. The van der Waals surface area contributed by atoms with E-state index in [9.17, 15) is 31.2 Å². The Balaban J connectivity index is 2.51. The van der Waals surface area contributed by atoms with Crippen LogP contribution in [-0.2, 0) is 32.3 Å². The molecule has 0 aromatic heterocycles. The van der Waals surface area contributed by atoms with Gasteiger partial charge >= 0.3 is 6.18 Å². The lowest BCUT2D eigenvalue weighted by Gasteiger charge is -2.31. The predicted molar refractivity (Wildman–Crippen MR) is 124 cm³/mol. The van der Waals surface area contributed by atoms with Gasteiger partial charge in [0.25, 0.3) is 0 Å². The minimum Gasteiger partial charge on any atom is -0.357 e. The summed E-state index contributed by atoms with van der Waals surface area (Å²) in [4.78, 5) is 26.6. The Labute approximate surface area is 205 Å². The van der Waals surface area contributed by atoms with Crippen molar-refractivity contribution in [2.45, 2.75) is 25.7 Å². The Morgan fingerprint density at radius 1 is 1.09 bits per heavy atom. The van der Waals surface area contributed by atoms with Crippen molar-refractivity contribution in [3.05, 3.63) is 63.6 Å². The van der Waals surface area contributed by atoms with Gasteiger partial charge in [-0.05, 0) is 36.8 Å². The van der Waals surface area contributed by atoms with E-state index in [0.29, 0.717) is 27.0 Å². The van der Waals surface area contributed by atoms with E-state index in [0.717, 1.165) is 17.2 Å². The van der Waals surface area contributed by atoms with Crippen LogP contribution in [-0.4, -0.2) is 51.0 Å². The molecule has 0 saturated heterocycles. The third-order valence-electron chi connectivity index (χ3n) is 4.93. The maximum absolute atomic E-state index is 13.3. The summed E-state index contributed by atoms with van der Waals surface area (Å²) in [5, 5.41) is 2.41. The molecule has 1 N–H and O–H groups in total. The van der Waals surface area contributed by atoms with Gasteiger partial charge in [-0.2, -0.15) is 13.2 Å². The maximum atomic E-state index is 13.3. The summed E-state index contributed by atoms with van der Waals surface area (Å²) in [6, 6.07) is 7.64. The van der Waals surface area contributed by atoms with Crippen LogP contribution in [0.25, 0.3) is 0 Å². The number of amides is 2. The molecule has 0 fully saturated rings. The maximum Gasteiger partial charge on any atom is 0.416 e. The Kier molecular flexibility index (Phi) is 8.84. The van der Waals surface area contributed by atoms with E-state index in [-0.39, 0.29) is 11.6 Å². The van der Waals surface area contributed by atoms with Crippen LogP contribution in [0.15, 0.2) is 42.5 Å². The van der Waals surface area contributed by atoms with Crippen LogP contribution in [0.2, 0.25) is 10.0 Å². The molecule has 0 spiro atoms. The molecule has 2 rings (SSSR count). The average Bonchev–Trinajstić information content (AvgIpc) is 2.74. The fourth-order valence-electron chi connectivity index (χ4n) is 3.08. The molecule has 0 aliphatic heterocycles. The molecule has 186 valence electrons. The van der Waals surface area contributed by atoms with Crippen LogP contribution in [0.5, 0.6) is 0 Å². The summed E-state index contributed by atoms with van der Waals surface area (Å²) in [7, 11) is -2.89. The highest BCUT2D eigenvalue weighted by Gasteiger charge is 2.34. The standard InChI is InChI=1S/C21H22Cl2F3N3O4S/c1-13(20(31)27-2)28(11-14-6-4-5-7-16(14)22)19(30)12-29(34(3,32)33)18-10-15(21(24,25)26)8-9-17(18)23/h4-10,13H,11-12H2,1-3H3,(H,27,31). The van der Waals surface area contributed by atoms with Crippen LogP contribution >= 0.6 is 23.2 Å². The number of carbonyl (C=O) groups is 2. The minimum absolute atomic E-state index is 0.152. The molecule has 0 saturated carbocycles. The lowest BCUT2D eigenvalue weighted by Crippen LogP contribution is -2.50. The van der Waals surface area contributed by atoms with Gasteiger partial charge in [-0.25, -0.2) is 8.42 Å². The summed E-state index contributed by atoms with van der Waals surface area (Å²) in [5.74, 6) is -1.39. The fourth-order valence-corrected chi connectivity index (χ4v) is 4.40. The van der Waals surface area contributed by atoms with Crippen LogP contribution in [0.4, 0.5) is 18.9 Å². The number of sulfonamides is 1. The number of carbonyl (C=O) groups excluding carboxylic acids is 2. The number of nitrogens with one attached hydrogen (secondary N) is 1. The zero-order valence-corrected chi connectivity index (χ0v) is 20.7. The van der Waals surface area contributed by atoms with E-state index >= 15 is 0 Å². The lowest BCUT2D eigenvalue weighted by atomic mass is 10.1. The fraction of sp³-hybridized carbons (Fsp3) is 0.333. The smallest absolute Gasteiger partial charge is 0.357 e. The molecule has 0 aliphatic rings. The summed E-state index contributed by atoms with van der Waals surface area (Å²) in [6.07, 6.45) is -4.03. The Morgan fingerprint density at radius 3 is 2.24 bits per heavy atom. The second-order valence-electron chi connectivity index (χ2n) is 7.34. The summed E-state index contributed by atoms with van der Waals surface area (Å²) in [5.41, 5.74) is -1.17. The van der Waals surface area contributed by atoms with Crippen molar-refractivity contribution >= 4 is 50.7 Å². The number of halogens is 5. The van der Waals surface area contributed by atoms with Gasteiger partial charge in [0.1, 0.15) is 12.6 Å². The average molecular weight is 540 g/mol. The third-order valence-corrected chi connectivity index (χ3v) is 6.75. The van der Waals surface area contributed by atoms with E-state index in [1.54, 1.807) is 24.3 Å². The monoisotopic (exact) mass is 539 g/mol. The van der Waals surface area contributed by atoms with Gasteiger partial charge in [-0.1, -0.05) is 41.4 Å². The van der Waals surface area contributed by atoms with Gasteiger partial charge in [0.2, 0.25) is 21.8 Å². The molecule has 13 heteroatoms. The molecular formula is C21H22Cl2F3N3O4S. The lowest BCUT2D eigenvalue weighted by molar-refractivity contribution is -0.139. The van der Waals surface area contributed by atoms with Gasteiger partial charge in [0.15, 0.2) is 0 Å². The summed E-state index contributed by atoms with van der Waals surface area (Å²) in [6.45, 7) is 0.377.